The van der Waals surface area contributed by atoms with Gasteiger partial charge in [-0.3, -0.25) is 4.79 Å². The van der Waals surface area contributed by atoms with Crippen LogP contribution < -0.4 is 0 Å². The van der Waals surface area contributed by atoms with E-state index in [9.17, 15) is 9.18 Å². The molecule has 13 heavy (non-hydrogen) atoms. The molecule has 0 aliphatic rings. The number of carbonyl (C=O) groups is 1. The zero-order valence-electron chi connectivity index (χ0n) is 7.60. The van der Waals surface area contributed by atoms with E-state index in [0.717, 1.165) is 5.56 Å². The molecular weight excluding hydrogens is 171 g/mol. The highest BCUT2D eigenvalue weighted by molar-refractivity contribution is 5.70. The molecule has 0 aliphatic carbocycles. The fourth-order valence-electron chi connectivity index (χ4n) is 1.32. The molecule has 0 heterocycles. The summed E-state index contributed by atoms with van der Waals surface area (Å²) >= 11 is 0. The molecule has 0 aliphatic heterocycles. The third-order valence-corrected chi connectivity index (χ3v) is 1.89. The lowest BCUT2D eigenvalue weighted by atomic mass is 10.0. The number of aliphatic carboxylic acids is 1. The molecule has 70 valence electrons. The molecule has 1 N–H and O–H groups in total. The van der Waals surface area contributed by atoms with Crippen LogP contribution in [0, 0.1) is 19.7 Å². The number of carboxylic acid groups (broad SMARTS) is 1. The molecule has 0 saturated carbocycles. The predicted molar refractivity (Wildman–Crippen MR) is 47.2 cm³/mol. The molecule has 0 spiro atoms. The number of hydrogen-bond donors (Lipinski definition) is 1. The second-order valence-electron chi connectivity index (χ2n) is 3.11. The standard InChI is InChI=1S/C10H11FO2/c1-6-3-7(2)8(5-10(12)13)9(11)4-6/h3-4H,5H2,1-2H3,(H,12,13). The van der Waals surface area contributed by atoms with Crippen LogP contribution in [0.1, 0.15) is 16.7 Å². The van der Waals surface area contributed by atoms with Crippen LogP contribution in [0.3, 0.4) is 0 Å². The minimum atomic E-state index is -1.01. The lowest BCUT2D eigenvalue weighted by Crippen LogP contribution is -2.05. The molecule has 3 heteroatoms. The molecule has 0 atom stereocenters. The number of carboxylic acids is 1. The largest absolute Gasteiger partial charge is 0.481 e. The number of rotatable bonds is 2. The zero-order chi connectivity index (χ0) is 10.0. The van der Waals surface area contributed by atoms with E-state index in [-0.39, 0.29) is 12.0 Å². The second kappa shape index (κ2) is 3.56. The number of halogens is 1. The Bertz CT molecular complexity index is 322. The van der Waals surface area contributed by atoms with Crippen molar-refractivity contribution in [3.05, 3.63) is 34.6 Å². The lowest BCUT2D eigenvalue weighted by molar-refractivity contribution is -0.136. The molecule has 0 unspecified atom stereocenters. The third kappa shape index (κ3) is 2.28. The molecule has 2 nitrogen and oxygen atoms in total. The van der Waals surface area contributed by atoms with E-state index in [1.165, 1.54) is 6.07 Å². The Morgan fingerprint density at radius 1 is 1.46 bits per heavy atom. The van der Waals surface area contributed by atoms with Crippen molar-refractivity contribution in [2.24, 2.45) is 0 Å². The van der Waals surface area contributed by atoms with Gasteiger partial charge in [0.15, 0.2) is 0 Å². The predicted octanol–water partition coefficient (Wildman–Crippen LogP) is 2.07. The van der Waals surface area contributed by atoms with Crippen molar-refractivity contribution in [3.8, 4) is 0 Å². The Balaban J connectivity index is 3.13. The summed E-state index contributed by atoms with van der Waals surface area (Å²) in [6, 6.07) is 3.13. The van der Waals surface area contributed by atoms with Crippen LogP contribution in [0.4, 0.5) is 4.39 Å². The van der Waals surface area contributed by atoms with E-state index < -0.39 is 11.8 Å². The van der Waals surface area contributed by atoms with E-state index >= 15 is 0 Å². The Kier molecular flexibility index (Phi) is 2.66. The molecule has 0 radical (unpaired) electrons. The highest BCUT2D eigenvalue weighted by atomic mass is 19.1. The highest BCUT2D eigenvalue weighted by Gasteiger charge is 2.09. The summed E-state index contributed by atoms with van der Waals surface area (Å²) in [5, 5.41) is 8.52. The average Bonchev–Trinajstić information content (AvgIpc) is 1.96. The Labute approximate surface area is 76.0 Å². The van der Waals surface area contributed by atoms with Crippen LogP contribution in [0.15, 0.2) is 12.1 Å². The summed E-state index contributed by atoms with van der Waals surface area (Å²) in [6.45, 7) is 3.50. The first-order valence-electron chi connectivity index (χ1n) is 3.98. The Morgan fingerprint density at radius 3 is 2.54 bits per heavy atom. The van der Waals surface area contributed by atoms with Gasteiger partial charge in [-0.15, -0.1) is 0 Å². The molecule has 1 rings (SSSR count). The zero-order valence-corrected chi connectivity index (χ0v) is 7.60. The van der Waals surface area contributed by atoms with E-state index in [4.69, 9.17) is 5.11 Å². The monoisotopic (exact) mass is 182 g/mol. The quantitative estimate of drug-likeness (QED) is 0.760. The van der Waals surface area contributed by atoms with Crippen LogP contribution >= 0.6 is 0 Å². The first-order chi connectivity index (χ1) is 6.00. The number of benzene rings is 1. The van der Waals surface area contributed by atoms with Crippen LogP contribution in [0.2, 0.25) is 0 Å². The summed E-state index contributed by atoms with van der Waals surface area (Å²) in [6.07, 6.45) is -0.252. The molecule has 0 aromatic heterocycles. The topological polar surface area (TPSA) is 37.3 Å². The van der Waals surface area contributed by atoms with Gasteiger partial charge in [0.2, 0.25) is 0 Å². The van der Waals surface area contributed by atoms with Gasteiger partial charge in [0.05, 0.1) is 6.42 Å². The Morgan fingerprint density at radius 2 is 2.08 bits per heavy atom. The summed E-state index contributed by atoms with van der Waals surface area (Å²) in [5.74, 6) is -1.44. The summed E-state index contributed by atoms with van der Waals surface area (Å²) < 4.78 is 13.2. The normalized spacial score (nSPS) is 10.1. The van der Waals surface area contributed by atoms with Gasteiger partial charge in [-0.2, -0.15) is 0 Å². The van der Waals surface area contributed by atoms with Gasteiger partial charge in [-0.05, 0) is 31.0 Å². The van der Waals surface area contributed by atoms with Crippen molar-refractivity contribution >= 4 is 5.97 Å². The van der Waals surface area contributed by atoms with Gasteiger partial charge >= 0.3 is 5.97 Å². The van der Waals surface area contributed by atoms with Gasteiger partial charge in [-0.25, -0.2) is 4.39 Å². The van der Waals surface area contributed by atoms with E-state index in [1.807, 2.05) is 0 Å². The van der Waals surface area contributed by atoms with Crippen molar-refractivity contribution in [1.29, 1.82) is 0 Å². The van der Waals surface area contributed by atoms with Gasteiger partial charge < -0.3 is 5.11 Å². The maximum Gasteiger partial charge on any atom is 0.307 e. The molecule has 1 aromatic carbocycles. The van der Waals surface area contributed by atoms with Gasteiger partial charge in [0.25, 0.3) is 0 Å². The average molecular weight is 182 g/mol. The van der Waals surface area contributed by atoms with Crippen molar-refractivity contribution < 1.29 is 14.3 Å². The molecule has 1 aromatic rings. The second-order valence-corrected chi connectivity index (χ2v) is 3.11. The maximum atomic E-state index is 13.2. The van der Waals surface area contributed by atoms with E-state index in [2.05, 4.69) is 0 Å². The van der Waals surface area contributed by atoms with Crippen molar-refractivity contribution in [2.75, 3.05) is 0 Å². The highest BCUT2D eigenvalue weighted by Crippen LogP contribution is 2.15. The SMILES string of the molecule is Cc1cc(C)c(CC(=O)O)c(F)c1. The smallest absolute Gasteiger partial charge is 0.307 e. The van der Waals surface area contributed by atoms with Crippen LogP contribution in [0.25, 0.3) is 0 Å². The number of hydrogen-bond acceptors (Lipinski definition) is 1. The van der Waals surface area contributed by atoms with Crippen molar-refractivity contribution in [3.63, 3.8) is 0 Å². The van der Waals surface area contributed by atoms with E-state index in [0.29, 0.717) is 5.56 Å². The summed E-state index contributed by atoms with van der Waals surface area (Å²) in [4.78, 5) is 10.4. The fraction of sp³-hybridized carbons (Fsp3) is 0.300. The summed E-state index contributed by atoms with van der Waals surface area (Å²) in [7, 11) is 0. The van der Waals surface area contributed by atoms with E-state index in [1.54, 1.807) is 19.9 Å². The van der Waals surface area contributed by atoms with Crippen molar-refractivity contribution in [2.45, 2.75) is 20.3 Å². The van der Waals surface area contributed by atoms with Crippen LogP contribution in [-0.4, -0.2) is 11.1 Å². The fourth-order valence-corrected chi connectivity index (χ4v) is 1.32. The molecule has 0 bridgehead atoms. The molecule has 0 amide bonds. The Hall–Kier alpha value is -1.38. The van der Waals surface area contributed by atoms with Gasteiger partial charge in [0.1, 0.15) is 5.82 Å². The van der Waals surface area contributed by atoms with Gasteiger partial charge in [-0.1, -0.05) is 6.07 Å². The van der Waals surface area contributed by atoms with Crippen LogP contribution in [-0.2, 0) is 11.2 Å². The van der Waals surface area contributed by atoms with Crippen LogP contribution in [0.5, 0.6) is 0 Å². The molecule has 0 saturated heterocycles. The maximum absolute atomic E-state index is 13.2. The minimum Gasteiger partial charge on any atom is -0.481 e. The first kappa shape index (κ1) is 9.71. The number of aryl methyl sites for hydroxylation is 2. The summed E-state index contributed by atoms with van der Waals surface area (Å²) in [5.41, 5.74) is 1.78. The first-order valence-corrected chi connectivity index (χ1v) is 3.98. The molecule has 0 fully saturated rings. The third-order valence-electron chi connectivity index (χ3n) is 1.89. The lowest BCUT2D eigenvalue weighted by Gasteiger charge is -2.05. The van der Waals surface area contributed by atoms with Gasteiger partial charge in [0, 0.05) is 5.56 Å². The minimum absolute atomic E-state index is 0.252. The molecular formula is C10H11FO2. The van der Waals surface area contributed by atoms with Crippen molar-refractivity contribution in [1.82, 2.24) is 0 Å².